The molecule has 0 N–H and O–H groups in total. The molecule has 1 aliphatic carbocycles. The van der Waals surface area contributed by atoms with Crippen LogP contribution in [0.1, 0.15) is 41.7 Å². The van der Waals surface area contributed by atoms with Crippen LogP contribution in [-0.4, -0.2) is 21.1 Å². The Kier molecular flexibility index (Phi) is 2.93. The van der Waals surface area contributed by atoms with Crippen molar-refractivity contribution in [3.63, 3.8) is 0 Å². The van der Waals surface area contributed by atoms with Crippen molar-refractivity contribution in [1.29, 1.82) is 0 Å². The summed E-state index contributed by atoms with van der Waals surface area (Å²) in [6.45, 7) is 4.32. The highest BCUT2D eigenvalue weighted by molar-refractivity contribution is 6.05. The number of pyridine rings is 1. The van der Waals surface area contributed by atoms with E-state index in [0.29, 0.717) is 5.56 Å². The lowest BCUT2D eigenvalue weighted by Gasteiger charge is -2.50. The van der Waals surface area contributed by atoms with Crippen LogP contribution in [0.25, 0.3) is 0 Å². The van der Waals surface area contributed by atoms with E-state index in [1.165, 1.54) is 0 Å². The fourth-order valence-electron chi connectivity index (χ4n) is 3.85. The summed E-state index contributed by atoms with van der Waals surface area (Å²) in [6.07, 6.45) is 10.6. The van der Waals surface area contributed by atoms with Crippen molar-refractivity contribution in [2.75, 3.05) is 5.01 Å². The van der Waals surface area contributed by atoms with Crippen molar-refractivity contribution in [3.05, 3.63) is 66.3 Å². The van der Waals surface area contributed by atoms with Crippen molar-refractivity contribution in [2.24, 2.45) is 0 Å². The monoisotopic (exact) mass is 293 g/mol. The molecule has 4 rings (SSSR count). The van der Waals surface area contributed by atoms with Crippen molar-refractivity contribution < 1.29 is 4.79 Å². The molecule has 1 unspecified atom stereocenters. The van der Waals surface area contributed by atoms with Crippen molar-refractivity contribution in [2.45, 2.75) is 37.6 Å². The van der Waals surface area contributed by atoms with Gasteiger partial charge in [-0.15, -0.1) is 0 Å². The van der Waals surface area contributed by atoms with Gasteiger partial charge >= 0.3 is 0 Å². The Balaban J connectivity index is 1.92. The average Bonchev–Trinajstić information content (AvgIpc) is 3.04. The molecule has 3 heterocycles. The highest BCUT2D eigenvalue weighted by atomic mass is 16.2. The molecule has 1 atom stereocenters. The summed E-state index contributed by atoms with van der Waals surface area (Å²) >= 11 is 0. The van der Waals surface area contributed by atoms with Gasteiger partial charge < -0.3 is 0 Å². The van der Waals surface area contributed by atoms with E-state index >= 15 is 0 Å². The minimum absolute atomic E-state index is 0.0219. The summed E-state index contributed by atoms with van der Waals surface area (Å²) in [7, 11) is 0. The third-order valence-corrected chi connectivity index (χ3v) is 4.98. The van der Waals surface area contributed by atoms with Gasteiger partial charge in [-0.05, 0) is 49.1 Å². The summed E-state index contributed by atoms with van der Waals surface area (Å²) in [5.74, 6) is 0.0219. The summed E-state index contributed by atoms with van der Waals surface area (Å²) in [4.78, 5) is 17.6. The first-order valence-electron chi connectivity index (χ1n) is 7.82. The highest BCUT2D eigenvalue weighted by Gasteiger charge is 2.49. The second-order valence-electron chi connectivity index (χ2n) is 6.20. The molecular formula is C18H19N3O. The van der Waals surface area contributed by atoms with Crippen LogP contribution in [0.3, 0.4) is 0 Å². The molecule has 2 aromatic heterocycles. The van der Waals surface area contributed by atoms with Gasteiger partial charge in [0.05, 0.1) is 16.8 Å². The maximum atomic E-state index is 13.2. The molecule has 1 fully saturated rings. The standard InChI is InChI=1S/C18H19N3O/c1-14-7-2-3-9-18(14)13-16-15(8-6-10-19-16)17(22)21(18)20-11-4-5-12-20/h4-6,8,10-12H,1-3,7,9,13H2. The molecule has 1 amide bonds. The van der Waals surface area contributed by atoms with Crippen LogP contribution in [0.2, 0.25) is 0 Å². The second kappa shape index (κ2) is 4.83. The first-order valence-corrected chi connectivity index (χ1v) is 7.82. The van der Waals surface area contributed by atoms with Crippen LogP contribution in [0, 0.1) is 0 Å². The van der Waals surface area contributed by atoms with Crippen LogP contribution in [0.4, 0.5) is 0 Å². The van der Waals surface area contributed by atoms with Crippen molar-refractivity contribution >= 4 is 5.91 Å². The van der Waals surface area contributed by atoms with Crippen molar-refractivity contribution in [1.82, 2.24) is 9.66 Å². The van der Waals surface area contributed by atoms with Gasteiger partial charge in [-0.3, -0.25) is 14.5 Å². The number of carbonyl (C=O) groups excluding carboxylic acids is 1. The van der Waals surface area contributed by atoms with E-state index in [1.807, 2.05) is 46.3 Å². The number of nitrogens with zero attached hydrogens (tertiary/aromatic N) is 3. The molecule has 1 aliphatic heterocycles. The Bertz CT molecular complexity index is 735. The van der Waals surface area contributed by atoms with Crippen LogP contribution in [0.15, 0.2) is 55.0 Å². The first-order chi connectivity index (χ1) is 10.7. The molecule has 1 saturated carbocycles. The van der Waals surface area contributed by atoms with Gasteiger partial charge in [0.15, 0.2) is 0 Å². The fourth-order valence-corrected chi connectivity index (χ4v) is 3.85. The number of hydrogen-bond acceptors (Lipinski definition) is 2. The molecule has 4 heteroatoms. The number of aromatic nitrogens is 2. The van der Waals surface area contributed by atoms with Gasteiger partial charge in [0.2, 0.25) is 0 Å². The van der Waals surface area contributed by atoms with Gasteiger partial charge in [0, 0.05) is 25.0 Å². The van der Waals surface area contributed by atoms with Crippen LogP contribution in [0.5, 0.6) is 0 Å². The lowest BCUT2D eigenvalue weighted by molar-refractivity contribution is 0.0889. The SMILES string of the molecule is C=C1CCCCC12Cc1ncccc1C(=O)N2n1cccc1. The summed E-state index contributed by atoms with van der Waals surface area (Å²) in [5.41, 5.74) is 2.42. The van der Waals surface area contributed by atoms with Gasteiger partial charge in [0.25, 0.3) is 5.91 Å². The number of fused-ring (bicyclic) bond motifs is 1. The molecule has 0 saturated heterocycles. The third-order valence-electron chi connectivity index (χ3n) is 4.98. The van der Waals surface area contributed by atoms with Gasteiger partial charge in [-0.25, -0.2) is 5.01 Å². The van der Waals surface area contributed by atoms with E-state index in [-0.39, 0.29) is 11.4 Å². The third kappa shape index (κ3) is 1.76. The summed E-state index contributed by atoms with van der Waals surface area (Å²) in [6, 6.07) is 7.61. The molecule has 1 spiro atoms. The maximum absolute atomic E-state index is 13.2. The van der Waals surface area contributed by atoms with E-state index < -0.39 is 0 Å². The Morgan fingerprint density at radius 1 is 1.18 bits per heavy atom. The zero-order valence-corrected chi connectivity index (χ0v) is 12.5. The Morgan fingerprint density at radius 3 is 2.77 bits per heavy atom. The predicted octanol–water partition coefficient (Wildman–Crippen LogP) is 3.09. The smallest absolute Gasteiger partial charge is 0.267 e. The maximum Gasteiger partial charge on any atom is 0.275 e. The first kappa shape index (κ1) is 13.3. The molecule has 0 bridgehead atoms. The highest BCUT2D eigenvalue weighted by Crippen LogP contribution is 2.42. The topological polar surface area (TPSA) is 38.1 Å². The van der Waals surface area contributed by atoms with Crippen LogP contribution >= 0.6 is 0 Å². The summed E-state index contributed by atoms with van der Waals surface area (Å²) in [5, 5.41) is 1.90. The minimum atomic E-state index is -0.338. The quantitative estimate of drug-likeness (QED) is 0.758. The van der Waals surface area contributed by atoms with E-state index in [9.17, 15) is 4.79 Å². The molecule has 112 valence electrons. The zero-order valence-electron chi connectivity index (χ0n) is 12.5. The van der Waals surface area contributed by atoms with Gasteiger partial charge in [-0.2, -0.15) is 0 Å². The van der Waals surface area contributed by atoms with Gasteiger partial charge in [-0.1, -0.05) is 13.0 Å². The Labute approximate surface area is 130 Å². The Hall–Kier alpha value is -2.36. The number of rotatable bonds is 1. The molecule has 2 aliphatic rings. The van der Waals surface area contributed by atoms with Crippen molar-refractivity contribution in [3.8, 4) is 0 Å². The lowest BCUT2D eigenvalue weighted by Crippen LogP contribution is -2.63. The van der Waals surface area contributed by atoms with Gasteiger partial charge in [0.1, 0.15) is 0 Å². The van der Waals surface area contributed by atoms with Crippen LogP contribution < -0.4 is 5.01 Å². The predicted molar refractivity (Wildman–Crippen MR) is 85.3 cm³/mol. The molecule has 0 radical (unpaired) electrons. The van der Waals surface area contributed by atoms with E-state index in [0.717, 1.165) is 43.4 Å². The molecule has 0 aromatic carbocycles. The molecule has 4 nitrogen and oxygen atoms in total. The average molecular weight is 293 g/mol. The largest absolute Gasteiger partial charge is 0.275 e. The second-order valence-corrected chi connectivity index (χ2v) is 6.20. The fraction of sp³-hybridized carbons (Fsp3) is 0.333. The van der Waals surface area contributed by atoms with E-state index in [2.05, 4.69) is 11.6 Å². The molecular weight excluding hydrogens is 274 g/mol. The minimum Gasteiger partial charge on any atom is -0.267 e. The number of amides is 1. The number of hydrogen-bond donors (Lipinski definition) is 0. The van der Waals surface area contributed by atoms with E-state index in [4.69, 9.17) is 0 Å². The summed E-state index contributed by atoms with van der Waals surface area (Å²) < 4.78 is 1.91. The zero-order chi connectivity index (χ0) is 15.2. The van der Waals surface area contributed by atoms with Crippen LogP contribution in [-0.2, 0) is 6.42 Å². The number of carbonyl (C=O) groups is 1. The Morgan fingerprint density at radius 2 is 2.00 bits per heavy atom. The molecule has 22 heavy (non-hydrogen) atoms. The lowest BCUT2D eigenvalue weighted by atomic mass is 9.72. The van der Waals surface area contributed by atoms with E-state index in [1.54, 1.807) is 6.20 Å². The molecule has 2 aromatic rings. The normalized spacial score (nSPS) is 24.6.